The van der Waals surface area contributed by atoms with E-state index in [4.69, 9.17) is 9.47 Å². The molecule has 0 saturated heterocycles. The fourth-order valence-electron chi connectivity index (χ4n) is 3.35. The van der Waals surface area contributed by atoms with Crippen LogP contribution in [0.4, 0.5) is 5.69 Å². The van der Waals surface area contributed by atoms with E-state index in [0.29, 0.717) is 35.9 Å². The second-order valence-electron chi connectivity index (χ2n) is 8.11. The summed E-state index contributed by atoms with van der Waals surface area (Å²) in [4.78, 5) is 24.9. The maximum absolute atomic E-state index is 12.5. The fourth-order valence-corrected chi connectivity index (χ4v) is 3.35. The molecule has 0 unspecified atom stereocenters. The van der Waals surface area contributed by atoms with Gasteiger partial charge in [0.15, 0.2) is 18.1 Å². The number of carbonyl (C=O) groups excluding carboxylic acids is 2. The van der Waals surface area contributed by atoms with E-state index in [1.807, 2.05) is 75.4 Å². The number of hydrogen-bond donors (Lipinski definition) is 2. The molecule has 3 aromatic carbocycles. The van der Waals surface area contributed by atoms with Gasteiger partial charge >= 0.3 is 0 Å². The van der Waals surface area contributed by atoms with E-state index in [1.165, 1.54) is 6.08 Å². The van der Waals surface area contributed by atoms with Crippen LogP contribution in [0.1, 0.15) is 29.2 Å². The molecule has 0 aliphatic heterocycles. The normalized spacial score (nSPS) is 10.8. The van der Waals surface area contributed by atoms with Crippen molar-refractivity contribution in [1.29, 1.82) is 5.26 Å². The van der Waals surface area contributed by atoms with E-state index >= 15 is 0 Å². The predicted octanol–water partition coefficient (Wildman–Crippen LogP) is 4.94. The first-order valence-electron chi connectivity index (χ1n) is 11.6. The minimum atomic E-state index is -0.470. The number of ether oxygens (including phenoxy) is 2. The molecule has 7 heteroatoms. The monoisotopic (exact) mass is 483 g/mol. The summed E-state index contributed by atoms with van der Waals surface area (Å²) in [6, 6.07) is 22.1. The largest absolute Gasteiger partial charge is 0.490 e. The lowest BCUT2D eigenvalue weighted by atomic mass is 10.1. The summed E-state index contributed by atoms with van der Waals surface area (Å²) in [5, 5.41) is 15.1. The van der Waals surface area contributed by atoms with Crippen LogP contribution in [0.5, 0.6) is 11.5 Å². The van der Waals surface area contributed by atoms with Crippen LogP contribution in [0.25, 0.3) is 6.08 Å². The summed E-state index contributed by atoms with van der Waals surface area (Å²) in [5.41, 5.74) is 4.43. The Morgan fingerprint density at radius 3 is 2.42 bits per heavy atom. The van der Waals surface area contributed by atoms with Gasteiger partial charge in [0.2, 0.25) is 0 Å². The third-order valence-corrected chi connectivity index (χ3v) is 5.39. The molecule has 0 radical (unpaired) electrons. The van der Waals surface area contributed by atoms with E-state index in [9.17, 15) is 14.9 Å². The molecule has 0 aliphatic carbocycles. The van der Waals surface area contributed by atoms with Gasteiger partial charge in [0.25, 0.3) is 11.8 Å². The summed E-state index contributed by atoms with van der Waals surface area (Å²) in [6.07, 6.45) is 1.49. The highest BCUT2D eigenvalue weighted by molar-refractivity contribution is 6.01. The molecular weight excluding hydrogens is 454 g/mol. The lowest BCUT2D eigenvalue weighted by Crippen LogP contribution is -2.23. The molecule has 0 aliphatic rings. The zero-order valence-electron chi connectivity index (χ0n) is 20.6. The van der Waals surface area contributed by atoms with Gasteiger partial charge in [-0.15, -0.1) is 0 Å². The van der Waals surface area contributed by atoms with Crippen molar-refractivity contribution in [2.45, 2.75) is 27.3 Å². The molecular formula is C29H29N3O4. The van der Waals surface area contributed by atoms with Crippen LogP contribution in [0.15, 0.2) is 72.3 Å². The Morgan fingerprint density at radius 2 is 1.72 bits per heavy atom. The first-order valence-corrected chi connectivity index (χ1v) is 11.6. The van der Waals surface area contributed by atoms with Gasteiger partial charge in [0, 0.05) is 12.2 Å². The van der Waals surface area contributed by atoms with E-state index in [2.05, 4.69) is 10.6 Å². The number of nitriles is 1. The quantitative estimate of drug-likeness (QED) is 0.314. The Morgan fingerprint density at radius 1 is 0.944 bits per heavy atom. The highest BCUT2D eigenvalue weighted by atomic mass is 16.5. The highest BCUT2D eigenvalue weighted by Gasteiger charge is 2.12. The Bertz CT molecular complexity index is 1290. The van der Waals surface area contributed by atoms with E-state index < -0.39 is 5.91 Å². The maximum atomic E-state index is 12.5. The van der Waals surface area contributed by atoms with Crippen LogP contribution in [0.3, 0.4) is 0 Å². The lowest BCUT2D eigenvalue weighted by Gasteiger charge is -2.13. The fraction of sp³-hybridized carbons (Fsp3) is 0.207. The van der Waals surface area contributed by atoms with Crippen LogP contribution in [0, 0.1) is 25.2 Å². The van der Waals surface area contributed by atoms with Gasteiger partial charge in [-0.1, -0.05) is 42.5 Å². The Kier molecular flexibility index (Phi) is 9.24. The number of nitrogens with one attached hydrogen (secondary N) is 2. The number of hydrogen-bond acceptors (Lipinski definition) is 5. The highest BCUT2D eigenvalue weighted by Crippen LogP contribution is 2.29. The first-order chi connectivity index (χ1) is 17.4. The number of anilines is 1. The Hall–Kier alpha value is -4.57. The van der Waals surface area contributed by atoms with Gasteiger partial charge < -0.3 is 20.1 Å². The molecule has 0 heterocycles. The SMILES string of the molecule is CCOc1cc(/C=C(\C#N)C(=O)NCc2ccccc2)ccc1OCC(=O)Nc1ccc(C)c(C)c1. The van der Waals surface area contributed by atoms with E-state index in [0.717, 1.165) is 16.7 Å². The smallest absolute Gasteiger partial charge is 0.262 e. The second-order valence-corrected chi connectivity index (χ2v) is 8.11. The average molecular weight is 484 g/mol. The minimum absolute atomic E-state index is 0.0326. The summed E-state index contributed by atoms with van der Waals surface area (Å²) in [5.74, 6) is 0.0256. The molecule has 0 spiro atoms. The first kappa shape index (κ1) is 26.0. The van der Waals surface area contributed by atoms with Gasteiger partial charge in [-0.05, 0) is 73.4 Å². The maximum Gasteiger partial charge on any atom is 0.262 e. The van der Waals surface area contributed by atoms with Gasteiger partial charge in [-0.25, -0.2) is 0 Å². The van der Waals surface area contributed by atoms with Crippen LogP contribution < -0.4 is 20.1 Å². The van der Waals surface area contributed by atoms with Crippen molar-refractivity contribution in [3.05, 3.63) is 94.6 Å². The van der Waals surface area contributed by atoms with E-state index in [-0.39, 0.29) is 18.1 Å². The lowest BCUT2D eigenvalue weighted by molar-refractivity contribution is -0.118. The third kappa shape index (κ3) is 7.47. The summed E-state index contributed by atoms with van der Waals surface area (Å²) >= 11 is 0. The second kappa shape index (κ2) is 12.8. The molecule has 7 nitrogen and oxygen atoms in total. The van der Waals surface area contributed by atoms with Crippen LogP contribution in [-0.2, 0) is 16.1 Å². The molecule has 0 bridgehead atoms. The van der Waals surface area contributed by atoms with Crippen molar-refractivity contribution in [1.82, 2.24) is 5.32 Å². The molecule has 3 aromatic rings. The predicted molar refractivity (Wildman–Crippen MR) is 140 cm³/mol. The number of nitrogens with zero attached hydrogens (tertiary/aromatic N) is 1. The van der Waals surface area contributed by atoms with Gasteiger partial charge in [0.05, 0.1) is 6.61 Å². The molecule has 2 N–H and O–H groups in total. The van der Waals surface area contributed by atoms with Crippen molar-refractivity contribution in [2.24, 2.45) is 0 Å². The molecule has 184 valence electrons. The van der Waals surface area contributed by atoms with Crippen molar-refractivity contribution >= 4 is 23.6 Å². The number of amides is 2. The van der Waals surface area contributed by atoms with Crippen molar-refractivity contribution in [2.75, 3.05) is 18.5 Å². The molecule has 0 atom stereocenters. The summed E-state index contributed by atoms with van der Waals surface area (Å²) in [7, 11) is 0. The standard InChI is InChI=1S/C29H29N3O4/c1-4-35-27-16-23(15-24(17-30)29(34)31-18-22-8-6-5-7-9-22)11-13-26(27)36-19-28(33)32-25-12-10-20(2)21(3)14-25/h5-16H,4,18-19H2,1-3H3,(H,31,34)(H,32,33)/b24-15+. The molecule has 0 saturated carbocycles. The third-order valence-electron chi connectivity index (χ3n) is 5.39. The molecule has 0 fully saturated rings. The zero-order chi connectivity index (χ0) is 25.9. The van der Waals surface area contributed by atoms with Crippen molar-refractivity contribution in [3.63, 3.8) is 0 Å². The average Bonchev–Trinajstić information content (AvgIpc) is 2.88. The number of benzene rings is 3. The van der Waals surface area contributed by atoms with Crippen LogP contribution >= 0.6 is 0 Å². The van der Waals surface area contributed by atoms with Gasteiger partial charge in [-0.2, -0.15) is 5.26 Å². The van der Waals surface area contributed by atoms with Crippen LogP contribution in [0.2, 0.25) is 0 Å². The summed E-state index contributed by atoms with van der Waals surface area (Å²) < 4.78 is 11.4. The van der Waals surface area contributed by atoms with Gasteiger partial charge in [0.1, 0.15) is 11.6 Å². The Labute approximate surface area is 211 Å². The van der Waals surface area contributed by atoms with Crippen molar-refractivity contribution in [3.8, 4) is 17.6 Å². The Balaban J connectivity index is 1.66. The zero-order valence-corrected chi connectivity index (χ0v) is 20.6. The van der Waals surface area contributed by atoms with Crippen molar-refractivity contribution < 1.29 is 19.1 Å². The number of rotatable bonds is 10. The molecule has 2 amide bonds. The minimum Gasteiger partial charge on any atom is -0.490 e. The van der Waals surface area contributed by atoms with Crippen LogP contribution in [-0.4, -0.2) is 25.0 Å². The number of carbonyl (C=O) groups is 2. The van der Waals surface area contributed by atoms with E-state index in [1.54, 1.807) is 18.2 Å². The van der Waals surface area contributed by atoms with Gasteiger partial charge in [-0.3, -0.25) is 9.59 Å². The topological polar surface area (TPSA) is 100 Å². The summed E-state index contributed by atoms with van der Waals surface area (Å²) in [6.45, 7) is 6.32. The molecule has 3 rings (SSSR count). The number of aryl methyl sites for hydroxylation is 2. The molecule has 0 aromatic heterocycles. The molecule has 36 heavy (non-hydrogen) atoms.